The largest absolute Gasteiger partial charge is 0.398 e. The molecular formula is C16H25BrN2. The molecule has 0 aliphatic heterocycles. The second kappa shape index (κ2) is 6.17. The molecule has 0 radical (unpaired) electrons. The number of nitrogens with zero attached hydrogens (tertiary/aromatic N) is 1. The number of rotatable bonds is 4. The Morgan fingerprint density at radius 2 is 1.95 bits per heavy atom. The highest BCUT2D eigenvalue weighted by Gasteiger charge is 2.25. The van der Waals surface area contributed by atoms with E-state index in [9.17, 15) is 0 Å². The summed E-state index contributed by atoms with van der Waals surface area (Å²) >= 11 is 3.70. The van der Waals surface area contributed by atoms with Gasteiger partial charge in [0.15, 0.2) is 0 Å². The van der Waals surface area contributed by atoms with Crippen molar-refractivity contribution in [1.29, 1.82) is 0 Å². The van der Waals surface area contributed by atoms with Crippen molar-refractivity contribution >= 4 is 27.3 Å². The van der Waals surface area contributed by atoms with Crippen molar-refractivity contribution in [2.45, 2.75) is 52.5 Å². The lowest BCUT2D eigenvalue weighted by Gasteiger charge is -2.34. The minimum atomic E-state index is 0.672. The standard InChI is InChI=1S/C16H25BrN2/c1-11(2)10-19(13-6-4-5-7-13)16-8-12(3)15(18)9-14(16)17/h8-9,11,13H,4-7,10,18H2,1-3H3. The van der Waals surface area contributed by atoms with Crippen molar-refractivity contribution in [2.24, 2.45) is 5.92 Å². The summed E-state index contributed by atoms with van der Waals surface area (Å²) in [6.45, 7) is 7.79. The maximum Gasteiger partial charge on any atom is 0.0517 e. The zero-order valence-electron chi connectivity index (χ0n) is 12.2. The van der Waals surface area contributed by atoms with E-state index in [1.807, 2.05) is 6.07 Å². The molecule has 2 nitrogen and oxygen atoms in total. The van der Waals surface area contributed by atoms with Crippen LogP contribution in [0.2, 0.25) is 0 Å². The van der Waals surface area contributed by atoms with Gasteiger partial charge in [0.1, 0.15) is 0 Å². The fourth-order valence-electron chi connectivity index (χ4n) is 2.96. The first-order valence-corrected chi connectivity index (χ1v) is 8.10. The van der Waals surface area contributed by atoms with Gasteiger partial charge in [-0.15, -0.1) is 0 Å². The van der Waals surface area contributed by atoms with Gasteiger partial charge in [-0.05, 0) is 59.3 Å². The third-order valence-corrected chi connectivity index (χ3v) is 4.61. The molecule has 0 amide bonds. The number of hydrogen-bond acceptors (Lipinski definition) is 2. The van der Waals surface area contributed by atoms with Crippen molar-refractivity contribution in [2.75, 3.05) is 17.2 Å². The van der Waals surface area contributed by atoms with Crippen molar-refractivity contribution in [3.05, 3.63) is 22.2 Å². The number of anilines is 2. The van der Waals surface area contributed by atoms with Gasteiger partial charge in [-0.25, -0.2) is 0 Å². The van der Waals surface area contributed by atoms with Gasteiger partial charge in [-0.2, -0.15) is 0 Å². The molecule has 0 unspecified atom stereocenters. The third kappa shape index (κ3) is 3.44. The van der Waals surface area contributed by atoms with E-state index >= 15 is 0 Å². The van der Waals surface area contributed by atoms with Crippen LogP contribution in [0.3, 0.4) is 0 Å². The lowest BCUT2D eigenvalue weighted by molar-refractivity contribution is 0.535. The molecule has 1 aliphatic carbocycles. The predicted molar refractivity (Wildman–Crippen MR) is 87.7 cm³/mol. The van der Waals surface area contributed by atoms with E-state index in [1.165, 1.54) is 36.9 Å². The zero-order chi connectivity index (χ0) is 14.0. The topological polar surface area (TPSA) is 29.3 Å². The van der Waals surface area contributed by atoms with Gasteiger partial charge in [0, 0.05) is 22.7 Å². The minimum absolute atomic E-state index is 0.672. The summed E-state index contributed by atoms with van der Waals surface area (Å²) in [7, 11) is 0. The number of nitrogens with two attached hydrogens (primary N) is 1. The summed E-state index contributed by atoms with van der Waals surface area (Å²) in [6.07, 6.45) is 5.38. The maximum atomic E-state index is 6.00. The van der Waals surface area contributed by atoms with Crippen LogP contribution in [0.15, 0.2) is 16.6 Å². The Kier molecular flexibility index (Phi) is 4.77. The highest BCUT2D eigenvalue weighted by Crippen LogP contribution is 2.36. The number of hydrogen-bond donors (Lipinski definition) is 1. The Bertz CT molecular complexity index is 437. The Morgan fingerprint density at radius 1 is 1.32 bits per heavy atom. The van der Waals surface area contributed by atoms with Crippen molar-refractivity contribution in [3.63, 3.8) is 0 Å². The second-order valence-corrected chi connectivity index (χ2v) is 7.00. The molecule has 1 fully saturated rings. The van der Waals surface area contributed by atoms with Crippen LogP contribution in [0.25, 0.3) is 0 Å². The number of halogens is 1. The lowest BCUT2D eigenvalue weighted by atomic mass is 10.1. The van der Waals surface area contributed by atoms with E-state index in [2.05, 4.69) is 47.7 Å². The van der Waals surface area contributed by atoms with E-state index in [1.54, 1.807) is 0 Å². The fraction of sp³-hybridized carbons (Fsp3) is 0.625. The molecule has 0 spiro atoms. The van der Waals surface area contributed by atoms with E-state index < -0.39 is 0 Å². The first kappa shape index (κ1) is 14.7. The Morgan fingerprint density at radius 3 is 2.53 bits per heavy atom. The molecule has 0 saturated heterocycles. The average molecular weight is 325 g/mol. The maximum absolute atomic E-state index is 6.00. The Hall–Kier alpha value is -0.700. The van der Waals surface area contributed by atoms with Gasteiger partial charge in [-0.1, -0.05) is 26.7 Å². The first-order valence-electron chi connectivity index (χ1n) is 7.31. The SMILES string of the molecule is Cc1cc(N(CC(C)C)C2CCCC2)c(Br)cc1N. The molecule has 0 atom stereocenters. The quantitative estimate of drug-likeness (QED) is 0.810. The zero-order valence-corrected chi connectivity index (χ0v) is 13.8. The molecular weight excluding hydrogens is 300 g/mol. The molecule has 1 saturated carbocycles. The molecule has 3 heteroatoms. The van der Waals surface area contributed by atoms with Crippen LogP contribution in [0.4, 0.5) is 11.4 Å². The molecule has 0 bridgehead atoms. The van der Waals surface area contributed by atoms with Crippen LogP contribution in [0.1, 0.15) is 45.1 Å². The molecule has 19 heavy (non-hydrogen) atoms. The Labute approximate surface area is 125 Å². The monoisotopic (exact) mass is 324 g/mol. The van der Waals surface area contributed by atoms with Gasteiger partial charge < -0.3 is 10.6 Å². The summed E-state index contributed by atoms with van der Waals surface area (Å²) in [5.41, 5.74) is 9.35. The summed E-state index contributed by atoms with van der Waals surface area (Å²) in [5, 5.41) is 0. The van der Waals surface area contributed by atoms with Crippen molar-refractivity contribution < 1.29 is 0 Å². The molecule has 1 aromatic carbocycles. The summed E-state index contributed by atoms with van der Waals surface area (Å²) in [5.74, 6) is 0.672. The van der Waals surface area contributed by atoms with Crippen LogP contribution < -0.4 is 10.6 Å². The van der Waals surface area contributed by atoms with Gasteiger partial charge in [0.05, 0.1) is 5.69 Å². The summed E-state index contributed by atoms with van der Waals surface area (Å²) < 4.78 is 1.13. The second-order valence-electron chi connectivity index (χ2n) is 6.14. The van der Waals surface area contributed by atoms with E-state index in [4.69, 9.17) is 5.73 Å². The molecule has 2 N–H and O–H groups in total. The fourth-order valence-corrected chi connectivity index (χ4v) is 3.54. The van der Waals surface area contributed by atoms with Crippen molar-refractivity contribution in [3.8, 4) is 0 Å². The Balaban J connectivity index is 2.33. The number of benzene rings is 1. The van der Waals surface area contributed by atoms with E-state index in [0.717, 1.165) is 16.7 Å². The van der Waals surface area contributed by atoms with Gasteiger partial charge in [0.25, 0.3) is 0 Å². The molecule has 2 rings (SSSR count). The van der Waals surface area contributed by atoms with E-state index in [-0.39, 0.29) is 0 Å². The van der Waals surface area contributed by atoms with Crippen LogP contribution in [-0.4, -0.2) is 12.6 Å². The van der Waals surface area contributed by atoms with Crippen LogP contribution in [-0.2, 0) is 0 Å². The first-order chi connectivity index (χ1) is 8.99. The van der Waals surface area contributed by atoms with Crippen LogP contribution in [0, 0.1) is 12.8 Å². The highest BCUT2D eigenvalue weighted by molar-refractivity contribution is 9.10. The minimum Gasteiger partial charge on any atom is -0.398 e. The third-order valence-electron chi connectivity index (χ3n) is 3.97. The smallest absolute Gasteiger partial charge is 0.0517 e. The molecule has 1 aliphatic rings. The van der Waals surface area contributed by atoms with Gasteiger partial charge in [-0.3, -0.25) is 0 Å². The summed E-state index contributed by atoms with van der Waals surface area (Å²) in [6, 6.07) is 4.98. The van der Waals surface area contributed by atoms with Crippen molar-refractivity contribution in [1.82, 2.24) is 0 Å². The highest BCUT2D eigenvalue weighted by atomic mass is 79.9. The van der Waals surface area contributed by atoms with Gasteiger partial charge in [0.2, 0.25) is 0 Å². The molecule has 0 aromatic heterocycles. The number of aryl methyl sites for hydroxylation is 1. The predicted octanol–water partition coefficient (Wildman–Crippen LogP) is 4.74. The van der Waals surface area contributed by atoms with Crippen LogP contribution in [0.5, 0.6) is 0 Å². The molecule has 106 valence electrons. The normalized spacial score (nSPS) is 16.3. The number of nitrogen functional groups attached to an aromatic ring is 1. The van der Waals surface area contributed by atoms with Gasteiger partial charge >= 0.3 is 0 Å². The summed E-state index contributed by atoms with van der Waals surface area (Å²) in [4.78, 5) is 2.59. The van der Waals surface area contributed by atoms with Crippen LogP contribution >= 0.6 is 15.9 Å². The average Bonchev–Trinajstić information content (AvgIpc) is 2.84. The molecule has 0 heterocycles. The molecule has 1 aromatic rings. The van der Waals surface area contributed by atoms with E-state index in [0.29, 0.717) is 12.0 Å². The lowest BCUT2D eigenvalue weighted by Crippen LogP contribution is -2.36.